The molecule has 0 radical (unpaired) electrons. The van der Waals surface area contributed by atoms with Crippen LogP contribution >= 0.6 is 0 Å². The van der Waals surface area contributed by atoms with E-state index in [-0.39, 0.29) is 0 Å². The van der Waals surface area contributed by atoms with Crippen molar-refractivity contribution in [1.82, 2.24) is 5.32 Å². The fraction of sp³-hybridized carbons (Fsp3) is 1.00. The smallest absolute Gasteiger partial charge is 0.00202 e. The van der Waals surface area contributed by atoms with Gasteiger partial charge in [-0.05, 0) is 43.6 Å². The first-order valence-electron chi connectivity index (χ1n) is 4.75. The van der Waals surface area contributed by atoms with E-state index in [0.29, 0.717) is 5.41 Å². The van der Waals surface area contributed by atoms with Crippen LogP contribution in [-0.4, -0.2) is 19.6 Å². The molecular weight excluding hydrogens is 136 g/mol. The van der Waals surface area contributed by atoms with E-state index in [1.165, 1.54) is 38.8 Å². The highest BCUT2D eigenvalue weighted by Gasteiger charge is 2.39. The minimum Gasteiger partial charge on any atom is -0.330 e. The van der Waals surface area contributed by atoms with E-state index < -0.39 is 0 Å². The van der Waals surface area contributed by atoms with Gasteiger partial charge in [0, 0.05) is 13.1 Å². The van der Waals surface area contributed by atoms with Crippen molar-refractivity contribution in [3.05, 3.63) is 0 Å². The second-order valence-corrected chi connectivity index (χ2v) is 4.28. The van der Waals surface area contributed by atoms with Crippen molar-refractivity contribution in [3.8, 4) is 0 Å². The van der Waals surface area contributed by atoms with Gasteiger partial charge in [-0.25, -0.2) is 0 Å². The lowest BCUT2D eigenvalue weighted by Gasteiger charge is -2.47. The first-order chi connectivity index (χ1) is 5.35. The van der Waals surface area contributed by atoms with Gasteiger partial charge >= 0.3 is 0 Å². The molecule has 0 atom stereocenters. The molecule has 0 aromatic heterocycles. The van der Waals surface area contributed by atoms with Crippen molar-refractivity contribution in [2.24, 2.45) is 17.1 Å². The zero-order chi connectivity index (χ0) is 7.73. The van der Waals surface area contributed by atoms with Crippen LogP contribution in [0.3, 0.4) is 0 Å². The Labute approximate surface area is 68.5 Å². The van der Waals surface area contributed by atoms with Crippen LogP contribution < -0.4 is 11.1 Å². The van der Waals surface area contributed by atoms with Crippen LogP contribution in [0.15, 0.2) is 0 Å². The van der Waals surface area contributed by atoms with Crippen molar-refractivity contribution in [1.29, 1.82) is 0 Å². The molecule has 2 heteroatoms. The summed E-state index contributed by atoms with van der Waals surface area (Å²) in [6.07, 6.45) is 5.58. The first kappa shape index (κ1) is 7.56. The average Bonchev–Trinajstić information content (AvgIpc) is 2.02. The van der Waals surface area contributed by atoms with Crippen LogP contribution in [0.1, 0.15) is 25.7 Å². The van der Waals surface area contributed by atoms with Gasteiger partial charge in [-0.2, -0.15) is 0 Å². The van der Waals surface area contributed by atoms with Gasteiger partial charge in [0.15, 0.2) is 0 Å². The van der Waals surface area contributed by atoms with Crippen molar-refractivity contribution in [2.75, 3.05) is 19.6 Å². The predicted molar refractivity (Wildman–Crippen MR) is 46.3 cm³/mol. The van der Waals surface area contributed by atoms with Gasteiger partial charge in [0.1, 0.15) is 0 Å². The molecule has 1 spiro atoms. The lowest BCUT2D eigenvalue weighted by atomic mass is 9.67. The molecule has 1 heterocycles. The highest BCUT2D eigenvalue weighted by atomic mass is 15.0. The number of hydrogen-bond acceptors (Lipinski definition) is 2. The Morgan fingerprint density at radius 2 is 1.91 bits per heavy atom. The molecule has 1 saturated carbocycles. The Balaban J connectivity index is 1.84. The van der Waals surface area contributed by atoms with E-state index in [9.17, 15) is 0 Å². The molecule has 0 aromatic rings. The zero-order valence-corrected chi connectivity index (χ0v) is 7.10. The largest absolute Gasteiger partial charge is 0.330 e. The summed E-state index contributed by atoms with van der Waals surface area (Å²) in [5.41, 5.74) is 6.35. The molecule has 0 amide bonds. The van der Waals surface area contributed by atoms with E-state index in [1.807, 2.05) is 0 Å². The Kier molecular flexibility index (Phi) is 1.90. The van der Waals surface area contributed by atoms with Gasteiger partial charge in [0.2, 0.25) is 0 Å². The molecule has 2 fully saturated rings. The normalized spacial score (nSPS) is 30.3. The van der Waals surface area contributed by atoms with Crippen LogP contribution in [0, 0.1) is 11.3 Å². The molecule has 0 aromatic carbocycles. The van der Waals surface area contributed by atoms with Crippen molar-refractivity contribution in [3.63, 3.8) is 0 Å². The average molecular weight is 154 g/mol. The molecule has 2 nitrogen and oxygen atoms in total. The summed E-state index contributed by atoms with van der Waals surface area (Å²) in [4.78, 5) is 0. The summed E-state index contributed by atoms with van der Waals surface area (Å²) in [5, 5.41) is 3.37. The summed E-state index contributed by atoms with van der Waals surface area (Å²) in [6.45, 7) is 3.44. The predicted octanol–water partition coefficient (Wildman–Crippen LogP) is 0.725. The maximum atomic E-state index is 5.64. The highest BCUT2D eigenvalue weighted by Crippen LogP contribution is 2.41. The molecule has 64 valence electrons. The third kappa shape index (κ3) is 1.30. The lowest BCUT2D eigenvalue weighted by molar-refractivity contribution is 0.0837. The zero-order valence-electron chi connectivity index (χ0n) is 7.10. The van der Waals surface area contributed by atoms with Gasteiger partial charge in [0.05, 0.1) is 0 Å². The van der Waals surface area contributed by atoms with E-state index in [2.05, 4.69) is 5.32 Å². The molecule has 3 N–H and O–H groups in total. The van der Waals surface area contributed by atoms with E-state index in [4.69, 9.17) is 5.73 Å². The Morgan fingerprint density at radius 3 is 2.27 bits per heavy atom. The maximum Gasteiger partial charge on any atom is 0.00202 e. The number of nitrogens with two attached hydrogens (primary N) is 1. The van der Waals surface area contributed by atoms with Crippen molar-refractivity contribution >= 4 is 0 Å². The van der Waals surface area contributed by atoms with E-state index in [0.717, 1.165) is 12.5 Å². The monoisotopic (exact) mass is 154 g/mol. The quantitative estimate of drug-likeness (QED) is 0.584. The molecular formula is C9H18N2. The fourth-order valence-electron chi connectivity index (χ4n) is 2.36. The molecule has 1 aliphatic heterocycles. The van der Waals surface area contributed by atoms with E-state index >= 15 is 0 Å². The van der Waals surface area contributed by atoms with Crippen molar-refractivity contribution < 1.29 is 0 Å². The molecule has 1 saturated heterocycles. The molecule has 0 unspecified atom stereocenters. The minimum absolute atomic E-state index is 0.714. The third-order valence-electron chi connectivity index (χ3n) is 3.50. The SMILES string of the molecule is NCC1CCC2(CC1)CNC2. The summed E-state index contributed by atoms with van der Waals surface area (Å²) in [6, 6.07) is 0. The minimum atomic E-state index is 0.714. The molecule has 2 aliphatic rings. The summed E-state index contributed by atoms with van der Waals surface area (Å²) >= 11 is 0. The molecule has 1 aliphatic carbocycles. The van der Waals surface area contributed by atoms with Crippen LogP contribution in [0.4, 0.5) is 0 Å². The van der Waals surface area contributed by atoms with Gasteiger partial charge in [-0.3, -0.25) is 0 Å². The maximum absolute atomic E-state index is 5.64. The number of nitrogens with one attached hydrogen (secondary N) is 1. The summed E-state index contributed by atoms with van der Waals surface area (Å²) < 4.78 is 0. The third-order valence-corrected chi connectivity index (χ3v) is 3.50. The number of rotatable bonds is 1. The summed E-state index contributed by atoms with van der Waals surface area (Å²) in [7, 11) is 0. The topological polar surface area (TPSA) is 38.0 Å². The van der Waals surface area contributed by atoms with Crippen LogP contribution in [-0.2, 0) is 0 Å². The summed E-state index contributed by atoms with van der Waals surface area (Å²) in [5.74, 6) is 0.834. The van der Waals surface area contributed by atoms with Crippen LogP contribution in [0.5, 0.6) is 0 Å². The van der Waals surface area contributed by atoms with Gasteiger partial charge in [0.25, 0.3) is 0 Å². The molecule has 0 bridgehead atoms. The Bertz CT molecular complexity index is 130. The van der Waals surface area contributed by atoms with Gasteiger partial charge in [-0.15, -0.1) is 0 Å². The second-order valence-electron chi connectivity index (χ2n) is 4.28. The standard InChI is InChI=1S/C9H18N2/c10-5-8-1-3-9(4-2-8)6-11-7-9/h8,11H,1-7,10H2. The Morgan fingerprint density at radius 1 is 1.27 bits per heavy atom. The fourth-order valence-corrected chi connectivity index (χ4v) is 2.36. The van der Waals surface area contributed by atoms with Gasteiger partial charge in [-0.1, -0.05) is 0 Å². The van der Waals surface area contributed by atoms with E-state index in [1.54, 1.807) is 0 Å². The molecule has 11 heavy (non-hydrogen) atoms. The van der Waals surface area contributed by atoms with Crippen LogP contribution in [0.25, 0.3) is 0 Å². The van der Waals surface area contributed by atoms with Crippen molar-refractivity contribution in [2.45, 2.75) is 25.7 Å². The number of hydrogen-bond donors (Lipinski definition) is 2. The molecule has 2 rings (SSSR count). The van der Waals surface area contributed by atoms with Gasteiger partial charge < -0.3 is 11.1 Å². The second kappa shape index (κ2) is 2.76. The highest BCUT2D eigenvalue weighted by molar-refractivity contribution is 4.95. The van der Waals surface area contributed by atoms with Crippen LogP contribution in [0.2, 0.25) is 0 Å². The first-order valence-corrected chi connectivity index (χ1v) is 4.75. The lowest BCUT2D eigenvalue weighted by Crippen LogP contribution is -2.55. The Hall–Kier alpha value is -0.0800.